The predicted octanol–water partition coefficient (Wildman–Crippen LogP) is 6.11. The molecular formula is C27H42N2O3S. The van der Waals surface area contributed by atoms with Crippen LogP contribution < -0.4 is 4.74 Å². The first kappa shape index (κ1) is 29.0. The van der Waals surface area contributed by atoms with Crippen molar-refractivity contribution in [2.24, 2.45) is 0 Å². The second-order valence-electron chi connectivity index (χ2n) is 7.71. The molecule has 0 aliphatic carbocycles. The molecule has 5 nitrogen and oxygen atoms in total. The smallest absolute Gasteiger partial charge is 0.133 e. The maximum absolute atomic E-state index is 10.5. The van der Waals surface area contributed by atoms with Gasteiger partial charge in [-0.05, 0) is 67.8 Å². The van der Waals surface area contributed by atoms with Gasteiger partial charge >= 0.3 is 0 Å². The van der Waals surface area contributed by atoms with Gasteiger partial charge in [0, 0.05) is 38.4 Å². The summed E-state index contributed by atoms with van der Waals surface area (Å²) in [4.78, 5) is 12.9. The SMILES string of the molecule is CC.CCSN1CCN(C)CC1.CCc1cc(CCC=O)cc(C)c1Oc1ccc(O)cc1. The molecule has 0 atom stereocenters. The highest BCUT2D eigenvalue weighted by molar-refractivity contribution is 7.96. The van der Waals surface area contributed by atoms with Crippen LogP contribution in [0.15, 0.2) is 36.4 Å². The molecule has 6 heteroatoms. The molecule has 0 saturated carbocycles. The number of hydrogen-bond donors (Lipinski definition) is 1. The zero-order valence-corrected chi connectivity index (χ0v) is 22.1. The van der Waals surface area contributed by atoms with Gasteiger partial charge in [0.2, 0.25) is 0 Å². The van der Waals surface area contributed by atoms with Crippen LogP contribution in [0.3, 0.4) is 0 Å². The number of ether oxygens (including phenoxy) is 1. The van der Waals surface area contributed by atoms with Gasteiger partial charge < -0.3 is 19.5 Å². The summed E-state index contributed by atoms with van der Waals surface area (Å²) in [6.07, 6.45) is 3.11. The van der Waals surface area contributed by atoms with Gasteiger partial charge in [-0.25, -0.2) is 4.31 Å². The van der Waals surface area contributed by atoms with Crippen LogP contribution in [-0.4, -0.2) is 59.6 Å². The summed E-state index contributed by atoms with van der Waals surface area (Å²) in [5.41, 5.74) is 3.35. The zero-order chi connectivity index (χ0) is 24.6. The minimum absolute atomic E-state index is 0.221. The number of nitrogens with zero attached hydrogens (tertiary/aromatic N) is 2. The molecule has 1 aliphatic heterocycles. The van der Waals surface area contributed by atoms with E-state index in [9.17, 15) is 9.90 Å². The van der Waals surface area contributed by atoms with E-state index in [-0.39, 0.29) is 5.75 Å². The van der Waals surface area contributed by atoms with Gasteiger partial charge in [-0.2, -0.15) is 0 Å². The highest BCUT2D eigenvalue weighted by Crippen LogP contribution is 2.31. The molecule has 0 unspecified atom stereocenters. The molecule has 0 bridgehead atoms. The number of phenolic OH excluding ortho intramolecular Hbond substituents is 1. The van der Waals surface area contributed by atoms with Crippen molar-refractivity contribution in [2.75, 3.05) is 39.0 Å². The van der Waals surface area contributed by atoms with Gasteiger partial charge in [0.1, 0.15) is 23.5 Å². The molecule has 1 saturated heterocycles. The van der Waals surface area contributed by atoms with Gasteiger partial charge in [0.25, 0.3) is 0 Å². The van der Waals surface area contributed by atoms with Crippen molar-refractivity contribution in [3.63, 3.8) is 0 Å². The predicted molar refractivity (Wildman–Crippen MR) is 142 cm³/mol. The van der Waals surface area contributed by atoms with E-state index in [0.29, 0.717) is 12.2 Å². The number of hydrogen-bond acceptors (Lipinski definition) is 6. The third-order valence-corrected chi connectivity index (χ3v) is 6.16. The van der Waals surface area contributed by atoms with E-state index in [2.05, 4.69) is 42.2 Å². The normalized spacial score (nSPS) is 13.9. The molecule has 0 radical (unpaired) electrons. The average Bonchev–Trinajstić information content (AvgIpc) is 2.83. The third-order valence-electron chi connectivity index (χ3n) is 5.17. The molecule has 184 valence electrons. The Morgan fingerprint density at radius 3 is 2.24 bits per heavy atom. The van der Waals surface area contributed by atoms with Crippen molar-refractivity contribution in [1.82, 2.24) is 9.21 Å². The van der Waals surface area contributed by atoms with Crippen molar-refractivity contribution in [2.45, 2.75) is 53.9 Å². The molecular weight excluding hydrogens is 432 g/mol. The summed E-state index contributed by atoms with van der Waals surface area (Å²) in [6.45, 7) is 15.2. The van der Waals surface area contributed by atoms with E-state index in [1.165, 1.54) is 31.9 Å². The third kappa shape index (κ3) is 10.6. The lowest BCUT2D eigenvalue weighted by atomic mass is 10.0. The zero-order valence-electron chi connectivity index (χ0n) is 21.3. The number of likely N-dealkylation sites (N-methyl/N-ethyl adjacent to an activating group) is 1. The standard InChI is InChI=1S/C18H20O3.C7H16N2S.C2H6/c1-3-15-12-14(5-4-10-19)11-13(2)18(15)21-17-8-6-16(20)7-9-17;1-3-10-9-6-4-8(2)5-7-9;1-2/h6-12,20H,3-5H2,1-2H3;3-7H2,1-2H3;1-2H3. The number of aryl methyl sites for hydroxylation is 3. The summed E-state index contributed by atoms with van der Waals surface area (Å²) >= 11 is 1.96. The minimum atomic E-state index is 0.221. The Bertz CT molecular complexity index is 804. The lowest BCUT2D eigenvalue weighted by Crippen LogP contribution is -2.41. The second kappa shape index (κ2) is 16.6. The Morgan fingerprint density at radius 1 is 1.06 bits per heavy atom. The topological polar surface area (TPSA) is 53.0 Å². The Hall–Kier alpha value is -2.02. The van der Waals surface area contributed by atoms with E-state index in [1.54, 1.807) is 24.3 Å². The molecule has 3 rings (SSSR count). The number of piperazine rings is 1. The molecule has 1 N–H and O–H groups in total. The monoisotopic (exact) mass is 474 g/mol. The number of aromatic hydroxyl groups is 1. The van der Waals surface area contributed by atoms with E-state index >= 15 is 0 Å². The van der Waals surface area contributed by atoms with Gasteiger partial charge in [0.05, 0.1) is 0 Å². The fourth-order valence-electron chi connectivity index (χ4n) is 3.44. The Balaban J connectivity index is 0.000000380. The van der Waals surface area contributed by atoms with Gasteiger partial charge in [-0.3, -0.25) is 0 Å². The molecule has 1 heterocycles. The lowest BCUT2D eigenvalue weighted by Gasteiger charge is -2.30. The average molecular weight is 475 g/mol. The molecule has 2 aromatic carbocycles. The lowest BCUT2D eigenvalue weighted by molar-refractivity contribution is -0.107. The van der Waals surface area contributed by atoms with Crippen molar-refractivity contribution >= 4 is 18.2 Å². The molecule has 1 aliphatic rings. The minimum Gasteiger partial charge on any atom is -0.508 e. The Kier molecular flexibility index (Phi) is 14.6. The summed E-state index contributed by atoms with van der Waals surface area (Å²) in [7, 11) is 2.19. The number of rotatable bonds is 8. The fraction of sp³-hybridized carbons (Fsp3) is 0.519. The summed E-state index contributed by atoms with van der Waals surface area (Å²) in [5.74, 6) is 2.99. The summed E-state index contributed by atoms with van der Waals surface area (Å²) < 4.78 is 8.42. The maximum Gasteiger partial charge on any atom is 0.133 e. The van der Waals surface area contributed by atoms with Crippen molar-refractivity contribution < 1.29 is 14.6 Å². The molecule has 33 heavy (non-hydrogen) atoms. The van der Waals surface area contributed by atoms with Crippen LogP contribution in [0.5, 0.6) is 17.2 Å². The van der Waals surface area contributed by atoms with Gasteiger partial charge in [0.15, 0.2) is 0 Å². The van der Waals surface area contributed by atoms with E-state index in [0.717, 1.165) is 41.6 Å². The summed E-state index contributed by atoms with van der Waals surface area (Å²) in [5, 5.41) is 9.31. The van der Waals surface area contributed by atoms with Crippen molar-refractivity contribution in [3.8, 4) is 17.2 Å². The van der Waals surface area contributed by atoms with Crippen LogP contribution in [0.25, 0.3) is 0 Å². The van der Waals surface area contributed by atoms with Crippen LogP contribution in [0.2, 0.25) is 0 Å². The fourth-order valence-corrected chi connectivity index (χ4v) is 4.22. The van der Waals surface area contributed by atoms with E-state index in [4.69, 9.17) is 4.74 Å². The summed E-state index contributed by atoms with van der Waals surface area (Å²) in [6, 6.07) is 10.9. The maximum atomic E-state index is 10.5. The Morgan fingerprint density at radius 2 is 1.70 bits per heavy atom. The van der Waals surface area contributed by atoms with Gasteiger partial charge in [-0.1, -0.05) is 51.8 Å². The molecule has 2 aromatic rings. The molecule has 0 spiro atoms. The Labute approximate surface area is 205 Å². The van der Waals surface area contributed by atoms with E-state index in [1.807, 2.05) is 32.7 Å². The second-order valence-corrected chi connectivity index (χ2v) is 9.06. The van der Waals surface area contributed by atoms with E-state index < -0.39 is 0 Å². The first-order chi connectivity index (χ1) is 16.0. The number of carbonyl (C=O) groups excluding carboxylic acids is 1. The van der Waals surface area contributed by atoms with Crippen LogP contribution in [0.4, 0.5) is 0 Å². The van der Waals surface area contributed by atoms with Crippen molar-refractivity contribution in [3.05, 3.63) is 53.1 Å². The number of phenols is 1. The number of aldehydes is 1. The van der Waals surface area contributed by atoms with Crippen LogP contribution >= 0.6 is 11.9 Å². The first-order valence-electron chi connectivity index (χ1n) is 12.1. The number of carbonyl (C=O) groups is 1. The quantitative estimate of drug-likeness (QED) is 0.368. The van der Waals surface area contributed by atoms with Crippen LogP contribution in [0, 0.1) is 6.92 Å². The highest BCUT2D eigenvalue weighted by atomic mass is 32.2. The number of benzene rings is 2. The van der Waals surface area contributed by atoms with Gasteiger partial charge in [-0.15, -0.1) is 0 Å². The highest BCUT2D eigenvalue weighted by Gasteiger charge is 2.12. The largest absolute Gasteiger partial charge is 0.508 e. The molecule has 1 fully saturated rings. The van der Waals surface area contributed by atoms with Crippen LogP contribution in [0.1, 0.15) is 50.8 Å². The first-order valence-corrected chi connectivity index (χ1v) is 13.0. The van der Waals surface area contributed by atoms with Crippen LogP contribution in [-0.2, 0) is 17.6 Å². The van der Waals surface area contributed by atoms with Crippen molar-refractivity contribution in [1.29, 1.82) is 0 Å². The molecule has 0 aromatic heterocycles. The molecule has 0 amide bonds.